The molecule has 1 fully saturated rings. The number of aliphatic imine (C=N–C) groups is 1. The van der Waals surface area contributed by atoms with Gasteiger partial charge in [-0.1, -0.05) is 0 Å². The standard InChI is InChI=1S/C21H27N5O2S/c1-29-20-8-7-19(23-24-20)26-13-11-25(12-14-26)10-2-15-27-18-5-3-17(4-6-18)21-22-9-16-28-21/h3-8H,2,9-16H2,1H3. The van der Waals surface area contributed by atoms with Gasteiger partial charge < -0.3 is 14.4 Å². The van der Waals surface area contributed by atoms with Crippen LogP contribution in [0.5, 0.6) is 5.75 Å². The van der Waals surface area contributed by atoms with E-state index in [9.17, 15) is 0 Å². The van der Waals surface area contributed by atoms with Gasteiger partial charge in [0.05, 0.1) is 13.2 Å². The second-order valence-electron chi connectivity index (χ2n) is 7.02. The zero-order valence-electron chi connectivity index (χ0n) is 16.8. The lowest BCUT2D eigenvalue weighted by Crippen LogP contribution is -2.47. The quantitative estimate of drug-likeness (QED) is 0.487. The normalized spacial score (nSPS) is 17.1. The van der Waals surface area contributed by atoms with Crippen molar-refractivity contribution in [1.29, 1.82) is 0 Å². The molecule has 1 saturated heterocycles. The van der Waals surface area contributed by atoms with Gasteiger partial charge in [0.25, 0.3) is 0 Å². The maximum absolute atomic E-state index is 5.89. The van der Waals surface area contributed by atoms with Crippen LogP contribution in [-0.4, -0.2) is 79.7 Å². The minimum Gasteiger partial charge on any atom is -0.494 e. The molecule has 0 saturated carbocycles. The van der Waals surface area contributed by atoms with E-state index in [1.54, 1.807) is 11.8 Å². The Morgan fingerprint density at radius 2 is 1.86 bits per heavy atom. The number of hydrogen-bond acceptors (Lipinski definition) is 8. The van der Waals surface area contributed by atoms with E-state index in [1.807, 2.05) is 36.6 Å². The van der Waals surface area contributed by atoms with Gasteiger partial charge in [-0.3, -0.25) is 4.90 Å². The molecule has 0 atom stereocenters. The molecule has 0 spiro atoms. The highest BCUT2D eigenvalue weighted by atomic mass is 32.2. The van der Waals surface area contributed by atoms with Gasteiger partial charge in [0.2, 0.25) is 5.90 Å². The molecular formula is C21H27N5O2S. The van der Waals surface area contributed by atoms with Crippen LogP contribution in [0.25, 0.3) is 0 Å². The van der Waals surface area contributed by atoms with Crippen molar-refractivity contribution in [3.05, 3.63) is 42.0 Å². The summed E-state index contributed by atoms with van der Waals surface area (Å²) in [6, 6.07) is 12.1. The summed E-state index contributed by atoms with van der Waals surface area (Å²) in [6.45, 7) is 7.26. The number of nitrogens with zero attached hydrogens (tertiary/aromatic N) is 5. The monoisotopic (exact) mass is 413 g/mol. The number of piperazine rings is 1. The first-order valence-electron chi connectivity index (χ1n) is 10.1. The fourth-order valence-electron chi connectivity index (χ4n) is 3.47. The van der Waals surface area contributed by atoms with Gasteiger partial charge in [-0.05, 0) is 49.1 Å². The SMILES string of the molecule is CSc1ccc(N2CCN(CCCOc3ccc(C4=NCCO4)cc3)CC2)nn1. The summed E-state index contributed by atoms with van der Waals surface area (Å²) in [5.41, 5.74) is 1.01. The van der Waals surface area contributed by atoms with E-state index < -0.39 is 0 Å². The van der Waals surface area contributed by atoms with Gasteiger partial charge in [-0.25, -0.2) is 4.99 Å². The number of benzene rings is 1. The number of thioether (sulfide) groups is 1. The molecule has 1 aromatic heterocycles. The predicted molar refractivity (Wildman–Crippen MR) is 116 cm³/mol. The average molecular weight is 414 g/mol. The average Bonchev–Trinajstić information content (AvgIpc) is 3.33. The van der Waals surface area contributed by atoms with Crippen LogP contribution in [0.2, 0.25) is 0 Å². The molecule has 4 rings (SSSR count). The molecule has 29 heavy (non-hydrogen) atoms. The second kappa shape index (κ2) is 9.93. The van der Waals surface area contributed by atoms with Crippen LogP contribution >= 0.6 is 11.8 Å². The maximum Gasteiger partial charge on any atom is 0.216 e. The number of anilines is 1. The van der Waals surface area contributed by atoms with Crippen LogP contribution < -0.4 is 9.64 Å². The summed E-state index contributed by atoms with van der Waals surface area (Å²) in [6.07, 6.45) is 3.03. The lowest BCUT2D eigenvalue weighted by atomic mass is 10.2. The van der Waals surface area contributed by atoms with Crippen molar-refractivity contribution in [2.45, 2.75) is 11.4 Å². The lowest BCUT2D eigenvalue weighted by Gasteiger charge is -2.35. The molecule has 2 aromatic rings. The van der Waals surface area contributed by atoms with Gasteiger partial charge in [0.1, 0.15) is 17.4 Å². The van der Waals surface area contributed by atoms with Crippen molar-refractivity contribution in [2.75, 3.05) is 63.6 Å². The first-order chi connectivity index (χ1) is 14.3. The smallest absolute Gasteiger partial charge is 0.216 e. The third kappa shape index (κ3) is 5.39. The zero-order valence-corrected chi connectivity index (χ0v) is 17.6. The van der Waals surface area contributed by atoms with Crippen LogP contribution in [-0.2, 0) is 4.74 Å². The van der Waals surface area contributed by atoms with E-state index in [0.717, 1.165) is 80.4 Å². The number of aromatic nitrogens is 2. The van der Waals surface area contributed by atoms with Gasteiger partial charge in [-0.15, -0.1) is 22.0 Å². The summed E-state index contributed by atoms with van der Waals surface area (Å²) < 4.78 is 11.4. The minimum atomic E-state index is 0.680. The molecule has 154 valence electrons. The van der Waals surface area contributed by atoms with Gasteiger partial charge in [0.15, 0.2) is 5.82 Å². The molecule has 0 unspecified atom stereocenters. The second-order valence-corrected chi connectivity index (χ2v) is 7.85. The molecule has 3 heterocycles. The van der Waals surface area contributed by atoms with E-state index >= 15 is 0 Å². The van der Waals surface area contributed by atoms with Gasteiger partial charge >= 0.3 is 0 Å². The van der Waals surface area contributed by atoms with Crippen LogP contribution in [0.15, 0.2) is 46.4 Å². The summed E-state index contributed by atoms with van der Waals surface area (Å²) in [7, 11) is 0. The first-order valence-corrected chi connectivity index (χ1v) is 11.3. The molecule has 0 bridgehead atoms. The van der Waals surface area contributed by atoms with Crippen molar-refractivity contribution in [3.63, 3.8) is 0 Å². The Kier molecular flexibility index (Phi) is 6.84. The molecule has 7 nitrogen and oxygen atoms in total. The highest BCUT2D eigenvalue weighted by Gasteiger charge is 2.18. The zero-order chi connectivity index (χ0) is 19.9. The van der Waals surface area contributed by atoms with E-state index in [0.29, 0.717) is 6.61 Å². The van der Waals surface area contributed by atoms with Crippen molar-refractivity contribution in [2.24, 2.45) is 4.99 Å². The summed E-state index contributed by atoms with van der Waals surface area (Å²) in [5, 5.41) is 9.54. The lowest BCUT2D eigenvalue weighted by molar-refractivity contribution is 0.224. The minimum absolute atomic E-state index is 0.680. The Bertz CT molecular complexity index is 805. The molecule has 0 aliphatic carbocycles. The molecule has 0 radical (unpaired) electrons. The highest BCUT2D eigenvalue weighted by molar-refractivity contribution is 7.98. The van der Waals surface area contributed by atoms with E-state index in [2.05, 4.69) is 31.1 Å². The Balaban J connectivity index is 1.14. The fraction of sp³-hybridized carbons (Fsp3) is 0.476. The third-order valence-corrected chi connectivity index (χ3v) is 5.74. The van der Waals surface area contributed by atoms with Crippen LogP contribution in [0.4, 0.5) is 5.82 Å². The largest absolute Gasteiger partial charge is 0.494 e. The highest BCUT2D eigenvalue weighted by Crippen LogP contribution is 2.17. The molecular weight excluding hydrogens is 386 g/mol. The van der Waals surface area contributed by atoms with Crippen molar-refractivity contribution in [3.8, 4) is 5.75 Å². The predicted octanol–water partition coefficient (Wildman–Crippen LogP) is 2.57. The Hall–Kier alpha value is -2.32. The van der Waals surface area contributed by atoms with E-state index in [-0.39, 0.29) is 0 Å². The van der Waals surface area contributed by atoms with E-state index in [4.69, 9.17) is 9.47 Å². The molecule has 2 aliphatic rings. The Labute approximate surface area is 176 Å². The summed E-state index contributed by atoms with van der Waals surface area (Å²) in [4.78, 5) is 9.13. The summed E-state index contributed by atoms with van der Waals surface area (Å²) >= 11 is 1.62. The van der Waals surface area contributed by atoms with Crippen molar-refractivity contribution >= 4 is 23.5 Å². The van der Waals surface area contributed by atoms with Crippen molar-refractivity contribution < 1.29 is 9.47 Å². The third-order valence-electron chi connectivity index (χ3n) is 5.11. The Morgan fingerprint density at radius 3 is 2.52 bits per heavy atom. The summed E-state index contributed by atoms with van der Waals surface area (Å²) in [5.74, 6) is 2.61. The molecule has 1 aromatic carbocycles. The number of hydrogen-bond donors (Lipinski definition) is 0. The number of rotatable bonds is 8. The van der Waals surface area contributed by atoms with Crippen molar-refractivity contribution in [1.82, 2.24) is 15.1 Å². The van der Waals surface area contributed by atoms with Crippen LogP contribution in [0, 0.1) is 0 Å². The molecule has 0 amide bonds. The molecule has 2 aliphatic heterocycles. The topological polar surface area (TPSA) is 63.1 Å². The first kappa shape index (κ1) is 20.0. The maximum atomic E-state index is 5.89. The van der Waals surface area contributed by atoms with Gasteiger partial charge in [0, 0.05) is 38.3 Å². The van der Waals surface area contributed by atoms with E-state index in [1.165, 1.54) is 0 Å². The molecule has 8 heteroatoms. The van der Waals surface area contributed by atoms with Crippen LogP contribution in [0.1, 0.15) is 12.0 Å². The molecule has 0 N–H and O–H groups in total. The Morgan fingerprint density at radius 1 is 1.03 bits per heavy atom. The van der Waals surface area contributed by atoms with Gasteiger partial charge in [-0.2, -0.15) is 0 Å². The fourth-order valence-corrected chi connectivity index (χ4v) is 3.80. The van der Waals surface area contributed by atoms with Crippen LogP contribution in [0.3, 0.4) is 0 Å². The number of ether oxygens (including phenoxy) is 2.